The van der Waals surface area contributed by atoms with E-state index in [9.17, 15) is 0 Å². The van der Waals surface area contributed by atoms with Crippen molar-refractivity contribution in [2.24, 2.45) is 5.84 Å². The molecule has 0 unspecified atom stereocenters. The molecule has 0 aliphatic heterocycles. The van der Waals surface area contributed by atoms with Gasteiger partial charge in [0.2, 0.25) is 0 Å². The van der Waals surface area contributed by atoms with Gasteiger partial charge in [-0.05, 0) is 0 Å². The summed E-state index contributed by atoms with van der Waals surface area (Å²) in [5.41, 5.74) is 2.50. The van der Waals surface area contributed by atoms with E-state index in [0.29, 0.717) is 6.42 Å². The van der Waals surface area contributed by atoms with Crippen LogP contribution in [-0.4, -0.2) is 19.6 Å². The maximum Gasteiger partial charge on any atom is 0.0635 e. The predicted molar refractivity (Wildman–Crippen MR) is 35.3 cm³/mol. The van der Waals surface area contributed by atoms with Gasteiger partial charge in [-0.25, -0.2) is 0 Å². The van der Waals surface area contributed by atoms with Crippen LogP contribution in [0.15, 0.2) is 0 Å². The Hall–Kier alpha value is -0.630. The number of rotatable bonds is 5. The Labute approximate surface area is 55.0 Å². The molecule has 0 aliphatic carbocycles. The van der Waals surface area contributed by atoms with E-state index >= 15 is 0 Å². The van der Waals surface area contributed by atoms with Gasteiger partial charge < -0.3 is 5.32 Å². The van der Waals surface area contributed by atoms with Crippen molar-refractivity contribution in [2.75, 3.05) is 19.6 Å². The third-order valence-electron chi connectivity index (χ3n) is 0.860. The van der Waals surface area contributed by atoms with E-state index in [4.69, 9.17) is 11.1 Å². The zero-order valence-corrected chi connectivity index (χ0v) is 5.35. The number of nitriles is 1. The molecule has 0 radical (unpaired) electrons. The molecule has 0 rings (SSSR count). The van der Waals surface area contributed by atoms with Gasteiger partial charge in [-0.1, -0.05) is 0 Å². The first kappa shape index (κ1) is 8.37. The van der Waals surface area contributed by atoms with Crippen molar-refractivity contribution in [1.82, 2.24) is 10.7 Å². The van der Waals surface area contributed by atoms with Crippen LogP contribution in [0.25, 0.3) is 0 Å². The summed E-state index contributed by atoms with van der Waals surface area (Å²) in [6, 6.07) is 2.03. The van der Waals surface area contributed by atoms with E-state index in [1.54, 1.807) is 0 Å². The highest BCUT2D eigenvalue weighted by Gasteiger charge is 1.82. The Kier molecular flexibility index (Phi) is 6.85. The minimum absolute atomic E-state index is 0.560. The Morgan fingerprint density at radius 2 is 2.11 bits per heavy atom. The minimum atomic E-state index is 0.560. The van der Waals surface area contributed by atoms with Crippen LogP contribution in [0.1, 0.15) is 6.42 Å². The molecule has 0 atom stereocenters. The van der Waals surface area contributed by atoms with Crippen molar-refractivity contribution in [2.45, 2.75) is 6.42 Å². The zero-order valence-electron chi connectivity index (χ0n) is 5.35. The molecule has 0 amide bonds. The van der Waals surface area contributed by atoms with Crippen molar-refractivity contribution in [3.05, 3.63) is 0 Å². The fourth-order valence-electron chi connectivity index (χ4n) is 0.430. The van der Waals surface area contributed by atoms with Gasteiger partial charge in [0.1, 0.15) is 0 Å². The van der Waals surface area contributed by atoms with Crippen LogP contribution in [0.3, 0.4) is 0 Å². The highest BCUT2D eigenvalue weighted by Crippen LogP contribution is 1.67. The number of hydrogen-bond donors (Lipinski definition) is 3. The average Bonchev–Trinajstić information content (AvgIpc) is 1.89. The van der Waals surface area contributed by atoms with Gasteiger partial charge in [-0.3, -0.25) is 11.3 Å². The molecule has 0 spiro atoms. The standard InChI is InChI=1S/C5H12N4/c6-2-1-3-8-4-5-9-7/h8-9H,1,3-5,7H2. The molecule has 52 valence electrons. The second-order valence-corrected chi connectivity index (χ2v) is 1.61. The van der Waals surface area contributed by atoms with E-state index in [1.165, 1.54) is 0 Å². The summed E-state index contributed by atoms with van der Waals surface area (Å²) in [5, 5.41) is 11.1. The number of nitrogens with one attached hydrogen (secondary N) is 2. The quantitative estimate of drug-likeness (QED) is 0.251. The van der Waals surface area contributed by atoms with Crippen molar-refractivity contribution in [1.29, 1.82) is 5.26 Å². The van der Waals surface area contributed by atoms with Crippen molar-refractivity contribution in [3.8, 4) is 6.07 Å². The van der Waals surface area contributed by atoms with Gasteiger partial charge >= 0.3 is 0 Å². The molecule has 0 aliphatic rings. The maximum absolute atomic E-state index is 8.09. The molecule has 4 nitrogen and oxygen atoms in total. The molecule has 0 aromatic heterocycles. The minimum Gasteiger partial charge on any atom is -0.314 e. The van der Waals surface area contributed by atoms with Gasteiger partial charge in [0, 0.05) is 26.1 Å². The first-order valence-electron chi connectivity index (χ1n) is 2.93. The first-order valence-corrected chi connectivity index (χ1v) is 2.93. The Morgan fingerprint density at radius 3 is 2.67 bits per heavy atom. The molecule has 0 bridgehead atoms. The van der Waals surface area contributed by atoms with E-state index < -0.39 is 0 Å². The van der Waals surface area contributed by atoms with E-state index in [1.807, 2.05) is 6.07 Å². The van der Waals surface area contributed by atoms with Crippen LogP contribution in [0.2, 0.25) is 0 Å². The SMILES string of the molecule is N#CCCNCCNN. The van der Waals surface area contributed by atoms with Crippen LogP contribution in [0.5, 0.6) is 0 Å². The normalized spacial score (nSPS) is 8.89. The maximum atomic E-state index is 8.09. The molecule has 0 saturated heterocycles. The van der Waals surface area contributed by atoms with Crippen LogP contribution in [0.4, 0.5) is 0 Å². The monoisotopic (exact) mass is 128 g/mol. The van der Waals surface area contributed by atoms with Crippen LogP contribution < -0.4 is 16.6 Å². The Bertz CT molecular complexity index is 85.4. The van der Waals surface area contributed by atoms with Gasteiger partial charge in [0.05, 0.1) is 6.07 Å². The smallest absolute Gasteiger partial charge is 0.0635 e. The topological polar surface area (TPSA) is 73.9 Å². The number of hydrazine groups is 1. The number of hydrogen-bond acceptors (Lipinski definition) is 4. The Morgan fingerprint density at radius 1 is 1.33 bits per heavy atom. The second-order valence-electron chi connectivity index (χ2n) is 1.61. The highest BCUT2D eigenvalue weighted by molar-refractivity contribution is 4.69. The second kappa shape index (κ2) is 7.37. The van der Waals surface area contributed by atoms with Gasteiger partial charge in [-0.2, -0.15) is 5.26 Å². The summed E-state index contributed by atoms with van der Waals surface area (Å²) in [5.74, 6) is 4.99. The lowest BCUT2D eigenvalue weighted by Gasteiger charge is -1.98. The summed E-state index contributed by atoms with van der Waals surface area (Å²) in [4.78, 5) is 0. The molecule has 4 heteroatoms. The van der Waals surface area contributed by atoms with Gasteiger partial charge in [0.25, 0.3) is 0 Å². The highest BCUT2D eigenvalue weighted by atomic mass is 15.2. The summed E-state index contributed by atoms with van der Waals surface area (Å²) in [6.07, 6.45) is 0.560. The molecule has 0 aromatic rings. The fraction of sp³-hybridized carbons (Fsp3) is 0.800. The average molecular weight is 128 g/mol. The van der Waals surface area contributed by atoms with E-state index in [-0.39, 0.29) is 0 Å². The summed E-state index contributed by atoms with van der Waals surface area (Å²) < 4.78 is 0. The van der Waals surface area contributed by atoms with Crippen LogP contribution in [0, 0.1) is 11.3 Å². The van der Waals surface area contributed by atoms with Crippen LogP contribution in [-0.2, 0) is 0 Å². The largest absolute Gasteiger partial charge is 0.314 e. The lowest BCUT2D eigenvalue weighted by Crippen LogP contribution is -2.31. The molecule has 0 saturated carbocycles. The lowest BCUT2D eigenvalue weighted by molar-refractivity contribution is 0.633. The predicted octanol–water partition coefficient (Wildman–Crippen LogP) is -1.05. The summed E-state index contributed by atoms with van der Waals surface area (Å²) in [7, 11) is 0. The van der Waals surface area contributed by atoms with Gasteiger partial charge in [0.15, 0.2) is 0 Å². The van der Waals surface area contributed by atoms with Gasteiger partial charge in [-0.15, -0.1) is 0 Å². The summed E-state index contributed by atoms with van der Waals surface area (Å²) >= 11 is 0. The van der Waals surface area contributed by atoms with E-state index in [2.05, 4.69) is 10.7 Å². The number of nitrogens with zero attached hydrogens (tertiary/aromatic N) is 1. The third-order valence-corrected chi connectivity index (χ3v) is 0.860. The van der Waals surface area contributed by atoms with Crippen molar-refractivity contribution >= 4 is 0 Å². The molecular formula is C5H12N4. The van der Waals surface area contributed by atoms with E-state index in [0.717, 1.165) is 19.6 Å². The summed E-state index contributed by atoms with van der Waals surface area (Å²) in [6.45, 7) is 2.31. The van der Waals surface area contributed by atoms with Crippen molar-refractivity contribution in [3.63, 3.8) is 0 Å². The molecule has 9 heavy (non-hydrogen) atoms. The number of nitrogens with two attached hydrogens (primary N) is 1. The molecule has 0 fully saturated rings. The lowest BCUT2D eigenvalue weighted by atomic mass is 10.4. The first-order chi connectivity index (χ1) is 4.41. The third kappa shape index (κ3) is 7.37. The molecule has 4 N–H and O–H groups in total. The fourth-order valence-corrected chi connectivity index (χ4v) is 0.430. The zero-order chi connectivity index (χ0) is 6.95. The molecule has 0 heterocycles. The molecular weight excluding hydrogens is 116 g/mol. The van der Waals surface area contributed by atoms with Crippen molar-refractivity contribution < 1.29 is 0 Å². The molecule has 0 aromatic carbocycles. The Balaban J connectivity index is 2.69. The van der Waals surface area contributed by atoms with Crippen LogP contribution >= 0.6 is 0 Å².